The van der Waals surface area contributed by atoms with Gasteiger partial charge in [0.05, 0.1) is 12.5 Å². The van der Waals surface area contributed by atoms with Gasteiger partial charge in [0.2, 0.25) is 5.91 Å². The monoisotopic (exact) mass is 513 g/mol. The Morgan fingerprint density at radius 1 is 1.03 bits per heavy atom. The predicted molar refractivity (Wildman–Crippen MR) is 145 cm³/mol. The third kappa shape index (κ3) is 6.14. The van der Waals surface area contributed by atoms with Crippen molar-refractivity contribution >= 4 is 17.5 Å². The van der Waals surface area contributed by atoms with Crippen LogP contribution in [0, 0.1) is 5.82 Å². The lowest BCUT2D eigenvalue weighted by Crippen LogP contribution is -2.45. The van der Waals surface area contributed by atoms with Gasteiger partial charge in [0.15, 0.2) is 0 Å². The number of aryl methyl sites for hydroxylation is 1. The molecule has 0 aliphatic heterocycles. The van der Waals surface area contributed by atoms with Crippen molar-refractivity contribution in [2.45, 2.75) is 38.6 Å². The Balaban J connectivity index is 1.72. The number of halogens is 1. The van der Waals surface area contributed by atoms with Crippen molar-refractivity contribution in [2.24, 2.45) is 7.05 Å². The van der Waals surface area contributed by atoms with Crippen LogP contribution in [0.25, 0.3) is 0 Å². The van der Waals surface area contributed by atoms with E-state index in [1.165, 1.54) is 23.2 Å². The highest BCUT2D eigenvalue weighted by Crippen LogP contribution is 2.32. The van der Waals surface area contributed by atoms with Gasteiger partial charge >= 0.3 is 0 Å². The van der Waals surface area contributed by atoms with Crippen molar-refractivity contribution in [3.8, 4) is 0 Å². The zero-order valence-corrected chi connectivity index (χ0v) is 22.1. The summed E-state index contributed by atoms with van der Waals surface area (Å²) in [4.78, 5) is 37.6. The Morgan fingerprint density at radius 2 is 1.79 bits per heavy atom. The molecule has 2 aromatic carbocycles. The van der Waals surface area contributed by atoms with E-state index >= 15 is 0 Å². The molecule has 1 unspecified atom stereocenters. The molecule has 0 radical (unpaired) electrons. The molecule has 2 amide bonds. The molecule has 38 heavy (non-hydrogen) atoms. The molecule has 0 aliphatic rings. The largest absolute Gasteiger partial charge is 0.354 e. The molecule has 1 atom stereocenters. The molecule has 0 aliphatic carbocycles. The van der Waals surface area contributed by atoms with Gasteiger partial charge < -0.3 is 9.88 Å². The van der Waals surface area contributed by atoms with Crippen molar-refractivity contribution < 1.29 is 14.0 Å². The van der Waals surface area contributed by atoms with Gasteiger partial charge in [0, 0.05) is 37.2 Å². The first kappa shape index (κ1) is 26.7. The van der Waals surface area contributed by atoms with Crippen LogP contribution in [0.5, 0.6) is 0 Å². The van der Waals surface area contributed by atoms with E-state index in [4.69, 9.17) is 0 Å². The highest BCUT2D eigenvalue weighted by atomic mass is 19.1. The number of anilines is 1. The normalized spacial score (nSPS) is 12.1. The van der Waals surface area contributed by atoms with Crippen LogP contribution < -0.4 is 10.2 Å². The number of rotatable bonds is 8. The lowest BCUT2D eigenvalue weighted by Gasteiger charge is -2.32. The molecule has 0 fully saturated rings. The fourth-order valence-corrected chi connectivity index (χ4v) is 4.27. The smallest absolute Gasteiger partial charge is 0.277 e. The summed E-state index contributed by atoms with van der Waals surface area (Å²) >= 11 is 0. The molecule has 2 heterocycles. The van der Waals surface area contributed by atoms with E-state index in [-0.39, 0.29) is 29.6 Å². The maximum absolute atomic E-state index is 14.0. The van der Waals surface area contributed by atoms with Gasteiger partial charge in [-0.15, -0.1) is 0 Å². The predicted octanol–water partition coefficient (Wildman–Crippen LogP) is 5.00. The van der Waals surface area contributed by atoms with E-state index in [9.17, 15) is 14.0 Å². The molecule has 8 heteroatoms. The minimum atomic E-state index is -1.00. The SMILES string of the molecule is Cn1cncc1C(=O)N(c1ccc(C(C)(C)C)cc1)C(C(=O)NCCc1cccc(F)c1)c1cccnc1. The number of pyridine rings is 1. The summed E-state index contributed by atoms with van der Waals surface area (Å²) in [5.74, 6) is -1.07. The average Bonchev–Trinajstić information content (AvgIpc) is 3.32. The van der Waals surface area contributed by atoms with Crippen LogP contribution in [-0.2, 0) is 23.7 Å². The third-order valence-electron chi connectivity index (χ3n) is 6.37. The molecule has 4 rings (SSSR count). The Labute approximate surface area is 222 Å². The second-order valence-corrected chi connectivity index (χ2v) is 10.2. The van der Waals surface area contributed by atoms with Crippen LogP contribution in [0.15, 0.2) is 85.6 Å². The zero-order chi connectivity index (χ0) is 27.3. The number of nitrogens with one attached hydrogen (secondary N) is 1. The lowest BCUT2D eigenvalue weighted by molar-refractivity contribution is -0.122. The van der Waals surface area contributed by atoms with Crippen molar-refractivity contribution in [1.82, 2.24) is 19.9 Å². The fourth-order valence-electron chi connectivity index (χ4n) is 4.27. The molecule has 7 nitrogen and oxygen atoms in total. The van der Waals surface area contributed by atoms with Crippen molar-refractivity contribution in [2.75, 3.05) is 11.4 Å². The van der Waals surface area contributed by atoms with Gasteiger partial charge in [0.25, 0.3) is 5.91 Å². The highest BCUT2D eigenvalue weighted by Gasteiger charge is 2.34. The summed E-state index contributed by atoms with van der Waals surface area (Å²) in [6.07, 6.45) is 6.68. The van der Waals surface area contributed by atoms with Gasteiger partial charge in [0.1, 0.15) is 17.6 Å². The molecule has 4 aromatic rings. The topological polar surface area (TPSA) is 80.1 Å². The van der Waals surface area contributed by atoms with Crippen molar-refractivity contribution in [3.63, 3.8) is 0 Å². The minimum absolute atomic E-state index is 0.0769. The molecule has 2 aromatic heterocycles. The first-order valence-corrected chi connectivity index (χ1v) is 12.5. The third-order valence-corrected chi connectivity index (χ3v) is 6.37. The van der Waals surface area contributed by atoms with Gasteiger partial charge in [-0.25, -0.2) is 9.37 Å². The number of imidazole rings is 1. The Bertz CT molecular complexity index is 1390. The van der Waals surface area contributed by atoms with Crippen LogP contribution in [0.2, 0.25) is 0 Å². The van der Waals surface area contributed by atoms with E-state index in [0.717, 1.165) is 11.1 Å². The van der Waals surface area contributed by atoms with E-state index in [1.54, 1.807) is 48.5 Å². The lowest BCUT2D eigenvalue weighted by atomic mass is 9.87. The Morgan fingerprint density at radius 3 is 2.39 bits per heavy atom. The Kier molecular flexibility index (Phi) is 8.00. The molecule has 0 spiro atoms. The molecular formula is C30H32FN5O2. The number of nitrogens with zero attached hydrogens (tertiary/aromatic N) is 4. The summed E-state index contributed by atoms with van der Waals surface area (Å²) in [7, 11) is 1.74. The first-order valence-electron chi connectivity index (χ1n) is 12.5. The number of aromatic nitrogens is 3. The second-order valence-electron chi connectivity index (χ2n) is 10.2. The second kappa shape index (κ2) is 11.4. The van der Waals surface area contributed by atoms with E-state index in [0.29, 0.717) is 23.4 Å². The number of carbonyl (C=O) groups is 2. The number of hydrogen-bond acceptors (Lipinski definition) is 4. The molecular weight excluding hydrogens is 481 g/mol. The van der Waals surface area contributed by atoms with Gasteiger partial charge in [-0.1, -0.05) is 51.1 Å². The minimum Gasteiger partial charge on any atom is -0.354 e. The molecule has 196 valence electrons. The zero-order valence-electron chi connectivity index (χ0n) is 22.1. The highest BCUT2D eigenvalue weighted by molar-refractivity contribution is 6.09. The van der Waals surface area contributed by atoms with Crippen molar-refractivity contribution in [1.29, 1.82) is 0 Å². The summed E-state index contributed by atoms with van der Waals surface area (Å²) < 4.78 is 15.2. The summed E-state index contributed by atoms with van der Waals surface area (Å²) in [5, 5.41) is 2.94. The van der Waals surface area contributed by atoms with Gasteiger partial charge in [-0.2, -0.15) is 0 Å². The van der Waals surface area contributed by atoms with Crippen molar-refractivity contribution in [3.05, 3.63) is 114 Å². The molecule has 0 saturated carbocycles. The van der Waals surface area contributed by atoms with Crippen LogP contribution in [-0.4, -0.2) is 32.9 Å². The van der Waals surface area contributed by atoms with Gasteiger partial charge in [-0.3, -0.25) is 19.5 Å². The summed E-state index contributed by atoms with van der Waals surface area (Å²) in [6, 6.07) is 16.4. The van der Waals surface area contributed by atoms with Crippen LogP contribution in [0.1, 0.15) is 54.0 Å². The molecule has 0 bridgehead atoms. The van der Waals surface area contributed by atoms with Gasteiger partial charge in [-0.05, 0) is 53.3 Å². The van der Waals surface area contributed by atoms with E-state index in [1.807, 2.05) is 30.3 Å². The number of benzene rings is 2. The number of hydrogen-bond donors (Lipinski definition) is 1. The number of carbonyl (C=O) groups excluding carboxylic acids is 2. The quantitative estimate of drug-likeness (QED) is 0.360. The standard InChI is InChI=1S/C30H32FN5O2/c1-30(2,3)23-10-12-25(13-11-23)36(29(38)26-19-33-20-35(26)4)27(22-8-6-15-32-18-22)28(37)34-16-14-21-7-5-9-24(31)17-21/h5-13,15,17-20,27H,14,16H2,1-4H3,(H,34,37). The van der Waals surface area contributed by atoms with E-state index < -0.39 is 6.04 Å². The molecule has 0 saturated heterocycles. The summed E-state index contributed by atoms with van der Waals surface area (Å²) in [5.41, 5.74) is 3.26. The van der Waals surface area contributed by atoms with Crippen LogP contribution in [0.3, 0.4) is 0 Å². The Hall–Kier alpha value is -4.33. The molecule has 1 N–H and O–H groups in total. The maximum Gasteiger partial charge on any atom is 0.277 e. The fraction of sp³-hybridized carbons (Fsp3) is 0.267. The summed E-state index contributed by atoms with van der Waals surface area (Å²) in [6.45, 7) is 6.62. The first-order chi connectivity index (χ1) is 18.1. The van der Waals surface area contributed by atoms with Crippen LogP contribution in [0.4, 0.5) is 10.1 Å². The average molecular weight is 514 g/mol. The van der Waals surface area contributed by atoms with E-state index in [2.05, 4.69) is 36.1 Å². The maximum atomic E-state index is 14.0. The van der Waals surface area contributed by atoms with Crippen LogP contribution >= 0.6 is 0 Å². The number of amides is 2.